The Kier molecular flexibility index (Phi) is 8.14. The van der Waals surface area contributed by atoms with Crippen molar-refractivity contribution in [1.29, 1.82) is 0 Å². The van der Waals surface area contributed by atoms with Gasteiger partial charge in [-0.05, 0) is 97.9 Å². The molecule has 2 heterocycles. The van der Waals surface area contributed by atoms with Crippen LogP contribution in [0.25, 0.3) is 11.8 Å². The second-order valence-corrected chi connectivity index (χ2v) is 11.2. The van der Waals surface area contributed by atoms with E-state index in [-0.39, 0.29) is 20.7 Å². The molecule has 10 heteroatoms. The molecule has 0 atom stereocenters. The summed E-state index contributed by atoms with van der Waals surface area (Å²) in [6, 6.07) is 22.5. The fourth-order valence-corrected chi connectivity index (χ4v) is 5.38. The molecule has 3 aromatic carbocycles. The Morgan fingerprint density at radius 3 is 2.40 bits per heavy atom. The third-order valence-corrected chi connectivity index (χ3v) is 8.08. The number of amides is 2. The van der Waals surface area contributed by atoms with Crippen LogP contribution in [0.2, 0.25) is 10.0 Å². The normalized spacial score (nSPS) is 14.6. The molecule has 1 N–H and O–H groups in total. The maximum absolute atomic E-state index is 13.5. The second-order valence-electron chi connectivity index (χ2n) is 9.10. The number of thiocarbonyl (C=S) groups is 1. The highest BCUT2D eigenvalue weighted by atomic mass is 79.9. The number of carbonyl (C=O) groups is 2. The lowest BCUT2D eigenvalue weighted by Crippen LogP contribution is -2.54. The summed E-state index contributed by atoms with van der Waals surface area (Å²) < 4.78 is 9.00. The number of aromatic nitrogens is 1. The Morgan fingerprint density at radius 2 is 1.70 bits per heavy atom. The summed E-state index contributed by atoms with van der Waals surface area (Å²) in [5.74, 6) is -0.423. The first-order chi connectivity index (χ1) is 19.1. The van der Waals surface area contributed by atoms with E-state index in [2.05, 4.69) is 21.2 Å². The van der Waals surface area contributed by atoms with E-state index in [0.29, 0.717) is 12.3 Å². The molecule has 1 aliphatic heterocycles. The number of nitrogens with zero attached hydrogens (tertiary/aromatic N) is 2. The number of halogens is 3. The standard InChI is InChI=1S/C30H22BrCl2N3O3S/c1-17-14-20(15-24-28(37)34-30(40)36(29(24)38)26-5-3-4-25(32)27(26)33)18(2)35(17)22-10-12-23(13-11-22)39-16-19-6-8-21(31)9-7-19/h3-15H,16H2,1-2H3,(H,34,37,40)/b24-15+. The molecule has 0 unspecified atom stereocenters. The largest absolute Gasteiger partial charge is 0.489 e. The van der Waals surface area contributed by atoms with Crippen molar-refractivity contribution in [1.82, 2.24) is 9.88 Å². The van der Waals surface area contributed by atoms with Gasteiger partial charge in [0.05, 0.1) is 15.7 Å². The van der Waals surface area contributed by atoms with Crippen molar-refractivity contribution >= 4 is 80.0 Å². The lowest BCUT2D eigenvalue weighted by Gasteiger charge is -2.29. The third kappa shape index (κ3) is 5.58. The molecular weight excluding hydrogens is 633 g/mol. The monoisotopic (exact) mass is 653 g/mol. The van der Waals surface area contributed by atoms with E-state index >= 15 is 0 Å². The topological polar surface area (TPSA) is 63.6 Å². The van der Waals surface area contributed by atoms with Crippen LogP contribution in [0.4, 0.5) is 5.69 Å². The van der Waals surface area contributed by atoms with E-state index in [1.54, 1.807) is 24.3 Å². The summed E-state index contributed by atoms with van der Waals surface area (Å²) in [4.78, 5) is 27.5. The van der Waals surface area contributed by atoms with Crippen molar-refractivity contribution in [2.24, 2.45) is 0 Å². The Balaban J connectivity index is 1.41. The highest BCUT2D eigenvalue weighted by Crippen LogP contribution is 2.35. The Labute approximate surface area is 255 Å². The van der Waals surface area contributed by atoms with Gasteiger partial charge in [-0.15, -0.1) is 0 Å². The molecule has 6 nitrogen and oxygen atoms in total. The Bertz CT molecular complexity index is 1680. The number of nitrogens with one attached hydrogen (secondary N) is 1. The van der Waals surface area contributed by atoms with Crippen molar-refractivity contribution in [2.45, 2.75) is 20.5 Å². The van der Waals surface area contributed by atoms with Gasteiger partial charge in [0, 0.05) is 21.5 Å². The number of ether oxygens (including phenoxy) is 1. The Hall–Kier alpha value is -3.43. The minimum absolute atomic E-state index is 0.0655. The minimum atomic E-state index is -0.588. The first-order valence-corrected chi connectivity index (χ1v) is 14.1. The lowest BCUT2D eigenvalue weighted by atomic mass is 10.1. The minimum Gasteiger partial charge on any atom is -0.489 e. The molecule has 1 saturated heterocycles. The molecule has 5 rings (SSSR count). The fraction of sp³-hybridized carbons (Fsp3) is 0.100. The molecule has 4 aromatic rings. The molecule has 0 radical (unpaired) electrons. The number of hydrogen-bond donors (Lipinski definition) is 1. The van der Waals surface area contributed by atoms with Gasteiger partial charge in [0.2, 0.25) is 0 Å². The predicted octanol–water partition coefficient (Wildman–Crippen LogP) is 7.57. The third-order valence-electron chi connectivity index (χ3n) is 6.46. The van der Waals surface area contributed by atoms with Crippen LogP contribution in [0.15, 0.2) is 82.8 Å². The van der Waals surface area contributed by atoms with E-state index in [1.807, 2.05) is 73.0 Å². The zero-order chi connectivity index (χ0) is 28.6. The average molecular weight is 655 g/mol. The van der Waals surface area contributed by atoms with Gasteiger partial charge in [0.15, 0.2) is 5.11 Å². The number of benzene rings is 3. The van der Waals surface area contributed by atoms with Crippen molar-refractivity contribution in [2.75, 3.05) is 4.90 Å². The van der Waals surface area contributed by atoms with Gasteiger partial charge in [-0.25, -0.2) is 0 Å². The van der Waals surface area contributed by atoms with Gasteiger partial charge in [-0.3, -0.25) is 19.8 Å². The van der Waals surface area contributed by atoms with Crippen LogP contribution in [-0.4, -0.2) is 21.5 Å². The summed E-state index contributed by atoms with van der Waals surface area (Å²) in [6.45, 7) is 4.35. The molecule has 2 amide bonds. The number of rotatable bonds is 6. The van der Waals surface area contributed by atoms with Crippen LogP contribution in [0.5, 0.6) is 5.75 Å². The summed E-state index contributed by atoms with van der Waals surface area (Å²) in [5, 5.41) is 2.95. The highest BCUT2D eigenvalue weighted by molar-refractivity contribution is 9.10. The molecular formula is C30H22BrCl2N3O3S. The molecule has 0 bridgehead atoms. The van der Waals surface area contributed by atoms with Crippen molar-refractivity contribution < 1.29 is 14.3 Å². The van der Waals surface area contributed by atoms with E-state index in [9.17, 15) is 9.59 Å². The molecule has 0 spiro atoms. The van der Waals surface area contributed by atoms with Crippen LogP contribution >= 0.6 is 51.3 Å². The van der Waals surface area contributed by atoms with Crippen molar-refractivity contribution in [3.8, 4) is 11.4 Å². The van der Waals surface area contributed by atoms with Crippen LogP contribution in [-0.2, 0) is 16.2 Å². The van der Waals surface area contributed by atoms with Gasteiger partial charge in [0.25, 0.3) is 11.8 Å². The summed E-state index contributed by atoms with van der Waals surface area (Å²) >= 11 is 21.2. The molecule has 0 aliphatic carbocycles. The van der Waals surface area contributed by atoms with Crippen LogP contribution in [0.1, 0.15) is 22.5 Å². The van der Waals surface area contributed by atoms with Gasteiger partial charge in [-0.2, -0.15) is 0 Å². The molecule has 1 aromatic heterocycles. The van der Waals surface area contributed by atoms with Crippen molar-refractivity contribution in [3.05, 3.63) is 115 Å². The first kappa shape index (κ1) is 28.1. The quantitative estimate of drug-likeness (QED) is 0.132. The molecule has 1 aliphatic rings. The predicted molar refractivity (Wildman–Crippen MR) is 166 cm³/mol. The van der Waals surface area contributed by atoms with Crippen LogP contribution in [0, 0.1) is 13.8 Å². The SMILES string of the molecule is Cc1cc(/C=C2\C(=O)NC(=S)N(c3cccc(Cl)c3Cl)C2=O)c(C)n1-c1ccc(OCc2ccc(Br)cc2)cc1. The number of anilines is 1. The zero-order valence-corrected chi connectivity index (χ0v) is 25.3. The van der Waals surface area contributed by atoms with E-state index < -0.39 is 11.8 Å². The summed E-state index contributed by atoms with van der Waals surface area (Å²) in [6.07, 6.45) is 1.57. The Morgan fingerprint density at radius 1 is 1.00 bits per heavy atom. The number of carbonyl (C=O) groups excluding carboxylic acids is 2. The molecule has 202 valence electrons. The molecule has 40 heavy (non-hydrogen) atoms. The molecule has 0 saturated carbocycles. The highest BCUT2D eigenvalue weighted by Gasteiger charge is 2.36. The van der Waals surface area contributed by atoms with E-state index in [0.717, 1.165) is 38.4 Å². The molecule has 1 fully saturated rings. The van der Waals surface area contributed by atoms with Gasteiger partial charge < -0.3 is 9.30 Å². The van der Waals surface area contributed by atoms with Gasteiger partial charge in [0.1, 0.15) is 17.9 Å². The lowest BCUT2D eigenvalue weighted by molar-refractivity contribution is -0.122. The van der Waals surface area contributed by atoms with Crippen LogP contribution in [0.3, 0.4) is 0 Å². The summed E-state index contributed by atoms with van der Waals surface area (Å²) in [5.41, 5.74) is 4.72. The second kappa shape index (κ2) is 11.6. The maximum Gasteiger partial charge on any atom is 0.270 e. The first-order valence-electron chi connectivity index (χ1n) is 12.2. The summed E-state index contributed by atoms with van der Waals surface area (Å²) in [7, 11) is 0. The van der Waals surface area contributed by atoms with E-state index in [4.69, 9.17) is 40.2 Å². The maximum atomic E-state index is 13.5. The van der Waals surface area contributed by atoms with E-state index in [1.165, 1.54) is 4.90 Å². The smallest absolute Gasteiger partial charge is 0.270 e. The van der Waals surface area contributed by atoms with Gasteiger partial charge in [-0.1, -0.05) is 57.3 Å². The fourth-order valence-electron chi connectivity index (χ4n) is 4.47. The van der Waals surface area contributed by atoms with Crippen molar-refractivity contribution in [3.63, 3.8) is 0 Å². The average Bonchev–Trinajstić information content (AvgIpc) is 3.21. The zero-order valence-electron chi connectivity index (χ0n) is 21.4. The van der Waals surface area contributed by atoms with Gasteiger partial charge >= 0.3 is 0 Å². The van der Waals surface area contributed by atoms with Crippen LogP contribution < -0.4 is 15.0 Å². The number of hydrogen-bond acceptors (Lipinski definition) is 4. The number of aryl methyl sites for hydroxylation is 1.